The van der Waals surface area contributed by atoms with Crippen molar-refractivity contribution in [2.45, 2.75) is 31.3 Å². The maximum Gasteiger partial charge on any atom is 0.329 e. The highest BCUT2D eigenvalue weighted by atomic mass is 16.2. The fraction of sp³-hybridized carbons (Fsp3) is 0.350. The Hall–Kier alpha value is -3.49. The highest BCUT2D eigenvalue weighted by Gasteiger charge is 2.40. The van der Waals surface area contributed by atoms with E-state index in [1.807, 2.05) is 23.1 Å². The molecule has 0 aromatic carbocycles. The van der Waals surface area contributed by atoms with Crippen LogP contribution in [0.4, 0.5) is 22.1 Å². The maximum absolute atomic E-state index is 13.1. The van der Waals surface area contributed by atoms with E-state index < -0.39 is 0 Å². The topological polar surface area (TPSA) is 92.1 Å². The first-order valence-corrected chi connectivity index (χ1v) is 9.93. The van der Waals surface area contributed by atoms with Crippen molar-refractivity contribution in [3.8, 4) is 11.3 Å². The van der Waals surface area contributed by atoms with E-state index in [1.54, 1.807) is 23.5 Å². The van der Waals surface area contributed by atoms with Crippen molar-refractivity contribution in [1.29, 1.82) is 0 Å². The molecule has 1 saturated heterocycles. The molecular formula is C20H20N8O. The van der Waals surface area contributed by atoms with Gasteiger partial charge in [0.25, 0.3) is 0 Å². The Balaban J connectivity index is 1.37. The molecule has 29 heavy (non-hydrogen) atoms. The van der Waals surface area contributed by atoms with Gasteiger partial charge in [-0.15, -0.1) is 0 Å². The van der Waals surface area contributed by atoms with E-state index in [-0.39, 0.29) is 12.1 Å². The lowest BCUT2D eigenvalue weighted by Gasteiger charge is -2.35. The Morgan fingerprint density at radius 1 is 1.10 bits per heavy atom. The molecule has 0 unspecified atom stereocenters. The van der Waals surface area contributed by atoms with Gasteiger partial charge in [0.05, 0.1) is 35.9 Å². The van der Waals surface area contributed by atoms with Gasteiger partial charge >= 0.3 is 6.03 Å². The van der Waals surface area contributed by atoms with Crippen LogP contribution in [0.1, 0.15) is 25.3 Å². The number of nitrogens with one attached hydrogen (secondary N) is 1. The number of pyridine rings is 1. The van der Waals surface area contributed by atoms with E-state index >= 15 is 0 Å². The summed E-state index contributed by atoms with van der Waals surface area (Å²) >= 11 is 0. The molecule has 0 radical (unpaired) electrons. The van der Waals surface area contributed by atoms with E-state index in [0.29, 0.717) is 17.7 Å². The minimum atomic E-state index is -0.225. The summed E-state index contributed by atoms with van der Waals surface area (Å²) in [6.07, 6.45) is 11.9. The molecule has 2 amide bonds. The lowest BCUT2D eigenvalue weighted by atomic mass is 10.1. The van der Waals surface area contributed by atoms with Crippen LogP contribution in [0.2, 0.25) is 0 Å². The van der Waals surface area contributed by atoms with Gasteiger partial charge in [-0.3, -0.25) is 19.9 Å². The van der Waals surface area contributed by atoms with E-state index in [2.05, 4.69) is 31.3 Å². The Kier molecular flexibility index (Phi) is 3.56. The zero-order valence-electron chi connectivity index (χ0n) is 15.8. The van der Waals surface area contributed by atoms with Gasteiger partial charge in [-0.05, 0) is 31.4 Å². The zero-order valence-corrected chi connectivity index (χ0v) is 15.8. The standard InChI is InChI=1S/C20H20N8O/c29-20(25-18-10-21-6-7-22-18)28-15-5-8-26(12-15)17-4-3-16(24-19(17)28)13-9-23-27(11-13)14-1-2-14/h3-4,6-7,9-11,14-15H,1-2,5,8,12H2,(H,22,25,29)/t15-/m1/s1. The first-order chi connectivity index (χ1) is 14.3. The van der Waals surface area contributed by atoms with Gasteiger partial charge in [0.15, 0.2) is 11.6 Å². The summed E-state index contributed by atoms with van der Waals surface area (Å²) in [5, 5.41) is 7.34. The normalized spacial score (nSPS) is 19.9. The third-order valence-corrected chi connectivity index (χ3v) is 5.79. The largest absolute Gasteiger partial charge is 0.366 e. The highest BCUT2D eigenvalue weighted by molar-refractivity contribution is 6.04. The molecule has 3 aromatic heterocycles. The van der Waals surface area contributed by atoms with Crippen molar-refractivity contribution in [2.24, 2.45) is 0 Å². The molecule has 6 rings (SSSR count). The minimum Gasteiger partial charge on any atom is -0.366 e. The van der Waals surface area contributed by atoms with E-state index in [1.165, 1.54) is 12.8 Å². The number of nitrogens with zero attached hydrogens (tertiary/aromatic N) is 7. The average Bonchev–Trinajstić information content (AvgIpc) is 3.33. The third kappa shape index (κ3) is 2.81. The number of aromatic nitrogens is 5. The molecule has 146 valence electrons. The van der Waals surface area contributed by atoms with Crippen LogP contribution in [0.25, 0.3) is 11.3 Å². The quantitative estimate of drug-likeness (QED) is 0.742. The number of anilines is 3. The summed E-state index contributed by atoms with van der Waals surface area (Å²) in [4.78, 5) is 30.3. The number of fused-ring (bicyclic) bond motifs is 4. The third-order valence-electron chi connectivity index (χ3n) is 5.79. The summed E-state index contributed by atoms with van der Waals surface area (Å²) in [5.41, 5.74) is 2.80. The summed E-state index contributed by atoms with van der Waals surface area (Å²) in [5.74, 6) is 1.12. The second-order valence-electron chi connectivity index (χ2n) is 7.76. The van der Waals surface area contributed by atoms with Crippen LogP contribution in [0.5, 0.6) is 0 Å². The summed E-state index contributed by atoms with van der Waals surface area (Å²) in [7, 11) is 0. The highest BCUT2D eigenvalue weighted by Crippen LogP contribution is 2.41. The van der Waals surface area contributed by atoms with Crippen molar-refractivity contribution in [2.75, 3.05) is 28.2 Å². The number of amides is 2. The molecule has 1 atom stereocenters. The fourth-order valence-electron chi connectivity index (χ4n) is 4.17. The molecule has 9 heteroatoms. The minimum absolute atomic E-state index is 0.0936. The summed E-state index contributed by atoms with van der Waals surface area (Å²) in [6, 6.07) is 4.48. The molecule has 2 aliphatic heterocycles. The maximum atomic E-state index is 13.1. The SMILES string of the molecule is O=C(Nc1cnccn1)N1c2nc(-c3cnn(C4CC4)c3)ccc2N2CC[C@@H]1C2. The van der Waals surface area contributed by atoms with Gasteiger partial charge in [-0.25, -0.2) is 14.8 Å². The fourth-order valence-corrected chi connectivity index (χ4v) is 4.17. The van der Waals surface area contributed by atoms with Gasteiger partial charge in [0.1, 0.15) is 0 Å². The molecule has 5 heterocycles. The molecule has 9 nitrogen and oxygen atoms in total. The number of carbonyl (C=O) groups is 1. The van der Waals surface area contributed by atoms with Gasteiger partial charge in [0.2, 0.25) is 0 Å². The van der Waals surface area contributed by atoms with E-state index in [4.69, 9.17) is 4.98 Å². The predicted octanol–water partition coefficient (Wildman–Crippen LogP) is 2.70. The van der Waals surface area contributed by atoms with Crippen molar-refractivity contribution in [3.05, 3.63) is 43.1 Å². The van der Waals surface area contributed by atoms with Crippen molar-refractivity contribution < 1.29 is 4.79 Å². The van der Waals surface area contributed by atoms with E-state index in [9.17, 15) is 4.79 Å². The van der Waals surface area contributed by atoms with Crippen LogP contribution in [0, 0.1) is 0 Å². The molecular weight excluding hydrogens is 368 g/mol. The zero-order chi connectivity index (χ0) is 19.4. The van der Waals surface area contributed by atoms with Crippen LogP contribution < -0.4 is 15.1 Å². The molecule has 3 aliphatic rings. The number of hydrogen-bond donors (Lipinski definition) is 1. The molecule has 2 fully saturated rings. The van der Waals surface area contributed by atoms with Gasteiger partial charge in [-0.1, -0.05) is 0 Å². The van der Waals surface area contributed by atoms with Crippen molar-refractivity contribution in [3.63, 3.8) is 0 Å². The summed E-state index contributed by atoms with van der Waals surface area (Å²) in [6.45, 7) is 1.74. The Bertz CT molecular complexity index is 1080. The molecule has 0 spiro atoms. The molecule has 3 aromatic rings. The van der Waals surface area contributed by atoms with Gasteiger partial charge < -0.3 is 4.90 Å². The Morgan fingerprint density at radius 3 is 2.86 bits per heavy atom. The number of carbonyl (C=O) groups excluding carboxylic acids is 1. The monoisotopic (exact) mass is 388 g/mol. The van der Waals surface area contributed by atoms with Crippen LogP contribution in [0.15, 0.2) is 43.1 Å². The molecule has 2 bridgehead atoms. The molecule has 1 N–H and O–H groups in total. The van der Waals surface area contributed by atoms with Crippen LogP contribution >= 0.6 is 0 Å². The van der Waals surface area contributed by atoms with Crippen LogP contribution in [-0.4, -0.2) is 49.9 Å². The van der Waals surface area contributed by atoms with Crippen molar-refractivity contribution >= 4 is 23.4 Å². The number of urea groups is 1. The van der Waals surface area contributed by atoms with E-state index in [0.717, 1.165) is 36.5 Å². The first kappa shape index (κ1) is 16.5. The predicted molar refractivity (Wildman–Crippen MR) is 108 cm³/mol. The average molecular weight is 388 g/mol. The molecule has 1 saturated carbocycles. The number of rotatable bonds is 3. The smallest absolute Gasteiger partial charge is 0.329 e. The van der Waals surface area contributed by atoms with Gasteiger partial charge in [0, 0.05) is 37.2 Å². The number of hydrogen-bond acceptors (Lipinski definition) is 6. The summed E-state index contributed by atoms with van der Waals surface area (Å²) < 4.78 is 2.02. The second kappa shape index (κ2) is 6.26. The Labute approximate surface area is 167 Å². The lowest BCUT2D eigenvalue weighted by molar-refractivity contribution is 0.254. The first-order valence-electron chi connectivity index (χ1n) is 9.93. The lowest BCUT2D eigenvalue weighted by Crippen LogP contribution is -2.48. The Morgan fingerprint density at radius 2 is 2.03 bits per heavy atom. The molecule has 1 aliphatic carbocycles. The van der Waals surface area contributed by atoms with Crippen molar-refractivity contribution in [1.82, 2.24) is 24.7 Å². The van der Waals surface area contributed by atoms with Crippen LogP contribution in [-0.2, 0) is 0 Å². The second-order valence-corrected chi connectivity index (χ2v) is 7.76. The van der Waals surface area contributed by atoms with Gasteiger partial charge in [-0.2, -0.15) is 5.10 Å². The van der Waals surface area contributed by atoms with Crippen LogP contribution in [0.3, 0.4) is 0 Å².